The third kappa shape index (κ3) is 7.29. The van der Waals surface area contributed by atoms with E-state index in [4.69, 9.17) is 4.74 Å². The van der Waals surface area contributed by atoms with Gasteiger partial charge in [-0.3, -0.25) is 20.4 Å². The predicted octanol–water partition coefficient (Wildman–Crippen LogP) is 2.55. The molecule has 1 aliphatic heterocycles. The van der Waals surface area contributed by atoms with Crippen molar-refractivity contribution < 1.29 is 19.1 Å². The number of rotatable bonds is 4. The van der Waals surface area contributed by atoms with Gasteiger partial charge in [-0.15, -0.1) is 0 Å². The summed E-state index contributed by atoms with van der Waals surface area (Å²) in [7, 11) is 3.79. The number of nitrogens with one attached hydrogen (secondary N) is 2. The molecule has 1 aliphatic rings. The number of hydrazine groups is 1. The molecule has 8 nitrogen and oxygen atoms in total. The van der Waals surface area contributed by atoms with Crippen LogP contribution >= 0.6 is 0 Å². The van der Waals surface area contributed by atoms with Crippen LogP contribution in [0.4, 0.5) is 10.5 Å². The van der Waals surface area contributed by atoms with E-state index in [0.29, 0.717) is 25.1 Å². The first-order valence-corrected chi connectivity index (χ1v) is 9.89. The molecule has 160 valence electrons. The standard InChI is InChI=1S/C21H32N4O4/c1-21(2,3)29-20(28)25-11-9-15(10-12-25)13-18(26)22-23-19(27)16-7-6-8-17(14-16)24(4)5/h6-8,14-15H,9-13H2,1-5H3,(H,22,26)(H,23,27). The molecule has 0 radical (unpaired) electrons. The number of carbonyl (C=O) groups is 3. The molecule has 3 amide bonds. The summed E-state index contributed by atoms with van der Waals surface area (Å²) in [5.41, 5.74) is 5.81. The van der Waals surface area contributed by atoms with E-state index in [2.05, 4.69) is 10.9 Å². The highest BCUT2D eigenvalue weighted by Gasteiger charge is 2.27. The fraction of sp³-hybridized carbons (Fsp3) is 0.571. The molecule has 1 saturated heterocycles. The lowest BCUT2D eigenvalue weighted by Gasteiger charge is -2.33. The van der Waals surface area contributed by atoms with Gasteiger partial charge in [0.25, 0.3) is 5.91 Å². The smallest absolute Gasteiger partial charge is 0.410 e. The van der Waals surface area contributed by atoms with E-state index in [1.165, 1.54) is 0 Å². The van der Waals surface area contributed by atoms with Gasteiger partial charge in [0.05, 0.1) is 0 Å². The first kappa shape index (κ1) is 22.5. The van der Waals surface area contributed by atoms with Gasteiger partial charge in [0, 0.05) is 44.9 Å². The molecule has 1 aromatic carbocycles. The summed E-state index contributed by atoms with van der Waals surface area (Å²) >= 11 is 0. The quantitative estimate of drug-likeness (QED) is 0.753. The number of ether oxygens (including phenoxy) is 1. The summed E-state index contributed by atoms with van der Waals surface area (Å²) in [6.45, 7) is 6.65. The Morgan fingerprint density at radius 3 is 2.38 bits per heavy atom. The maximum Gasteiger partial charge on any atom is 0.410 e. The Morgan fingerprint density at radius 2 is 1.79 bits per heavy atom. The fourth-order valence-electron chi connectivity index (χ4n) is 3.08. The minimum absolute atomic E-state index is 0.169. The van der Waals surface area contributed by atoms with Gasteiger partial charge in [-0.25, -0.2) is 4.79 Å². The molecule has 1 heterocycles. The Labute approximate surface area is 172 Å². The van der Waals surface area contributed by atoms with Crippen molar-refractivity contribution in [3.05, 3.63) is 29.8 Å². The lowest BCUT2D eigenvalue weighted by molar-refractivity contribution is -0.123. The number of likely N-dealkylation sites (tertiary alicyclic amines) is 1. The lowest BCUT2D eigenvalue weighted by atomic mass is 9.93. The minimum atomic E-state index is -0.516. The largest absolute Gasteiger partial charge is 0.444 e. The number of nitrogens with zero attached hydrogens (tertiary/aromatic N) is 2. The molecule has 0 unspecified atom stereocenters. The normalized spacial score (nSPS) is 14.9. The lowest BCUT2D eigenvalue weighted by Crippen LogP contribution is -2.44. The van der Waals surface area contributed by atoms with Gasteiger partial charge in [-0.05, 0) is 57.7 Å². The van der Waals surface area contributed by atoms with Crippen LogP contribution in [-0.4, -0.2) is 55.6 Å². The van der Waals surface area contributed by atoms with Crippen LogP contribution in [0.1, 0.15) is 50.4 Å². The Morgan fingerprint density at radius 1 is 1.14 bits per heavy atom. The van der Waals surface area contributed by atoms with Crippen LogP contribution in [0.3, 0.4) is 0 Å². The zero-order chi connectivity index (χ0) is 21.6. The second-order valence-corrected chi connectivity index (χ2v) is 8.56. The van der Waals surface area contributed by atoms with Crippen LogP contribution in [-0.2, 0) is 9.53 Å². The third-order valence-corrected chi connectivity index (χ3v) is 4.68. The van der Waals surface area contributed by atoms with Crippen molar-refractivity contribution in [1.82, 2.24) is 15.8 Å². The highest BCUT2D eigenvalue weighted by atomic mass is 16.6. The molecule has 0 aromatic heterocycles. The highest BCUT2D eigenvalue weighted by molar-refractivity contribution is 5.96. The first-order valence-electron chi connectivity index (χ1n) is 9.89. The molecular formula is C21H32N4O4. The second-order valence-electron chi connectivity index (χ2n) is 8.56. The summed E-state index contributed by atoms with van der Waals surface area (Å²) in [5.74, 6) is -0.428. The van der Waals surface area contributed by atoms with Gasteiger partial charge in [0.2, 0.25) is 5.91 Å². The van der Waals surface area contributed by atoms with Crippen molar-refractivity contribution in [1.29, 1.82) is 0 Å². The van der Waals surface area contributed by atoms with Crippen LogP contribution < -0.4 is 15.8 Å². The molecular weight excluding hydrogens is 372 g/mol. The van der Waals surface area contributed by atoms with E-state index in [9.17, 15) is 14.4 Å². The van der Waals surface area contributed by atoms with Crippen molar-refractivity contribution >= 4 is 23.6 Å². The van der Waals surface area contributed by atoms with E-state index in [0.717, 1.165) is 18.5 Å². The molecule has 1 fully saturated rings. The summed E-state index contributed by atoms with van der Waals surface area (Å²) in [5, 5.41) is 0. The average Bonchev–Trinajstić information content (AvgIpc) is 2.65. The monoisotopic (exact) mass is 404 g/mol. The zero-order valence-corrected chi connectivity index (χ0v) is 17.9. The molecule has 2 N–H and O–H groups in total. The average molecular weight is 405 g/mol. The van der Waals surface area contributed by atoms with Crippen molar-refractivity contribution in [3.63, 3.8) is 0 Å². The summed E-state index contributed by atoms with van der Waals surface area (Å²) in [6, 6.07) is 7.15. The Kier molecular flexibility index (Phi) is 7.47. The van der Waals surface area contributed by atoms with Gasteiger partial charge >= 0.3 is 6.09 Å². The van der Waals surface area contributed by atoms with Crippen LogP contribution in [0.5, 0.6) is 0 Å². The molecule has 1 aromatic rings. The van der Waals surface area contributed by atoms with Crippen molar-refractivity contribution in [2.45, 2.75) is 45.6 Å². The number of benzene rings is 1. The number of piperidine rings is 1. The first-order chi connectivity index (χ1) is 13.5. The van der Waals surface area contributed by atoms with Gasteiger partial charge in [-0.2, -0.15) is 0 Å². The minimum Gasteiger partial charge on any atom is -0.444 e. The van der Waals surface area contributed by atoms with E-state index < -0.39 is 5.60 Å². The maximum atomic E-state index is 12.2. The molecule has 0 bridgehead atoms. The van der Waals surface area contributed by atoms with Crippen LogP contribution in [0.15, 0.2) is 24.3 Å². The van der Waals surface area contributed by atoms with Crippen LogP contribution in [0.25, 0.3) is 0 Å². The Balaban J connectivity index is 1.74. The second kappa shape index (κ2) is 9.62. The molecule has 0 atom stereocenters. The molecule has 0 saturated carbocycles. The van der Waals surface area contributed by atoms with Gasteiger partial charge in [0.15, 0.2) is 0 Å². The van der Waals surface area contributed by atoms with E-state index >= 15 is 0 Å². The predicted molar refractivity (Wildman–Crippen MR) is 112 cm³/mol. The topological polar surface area (TPSA) is 91.0 Å². The zero-order valence-electron chi connectivity index (χ0n) is 17.9. The number of hydrogen-bond donors (Lipinski definition) is 2. The third-order valence-electron chi connectivity index (χ3n) is 4.68. The number of carbonyl (C=O) groups excluding carboxylic acids is 3. The number of hydrogen-bond acceptors (Lipinski definition) is 5. The van der Waals surface area contributed by atoms with Crippen molar-refractivity contribution in [2.24, 2.45) is 5.92 Å². The SMILES string of the molecule is CN(C)c1cccc(C(=O)NNC(=O)CC2CCN(C(=O)OC(C)(C)C)CC2)c1. The molecule has 0 spiro atoms. The molecule has 29 heavy (non-hydrogen) atoms. The van der Waals surface area contributed by atoms with E-state index in [1.807, 2.05) is 45.8 Å². The summed E-state index contributed by atoms with van der Waals surface area (Å²) in [4.78, 5) is 40.1. The molecule has 8 heteroatoms. The summed E-state index contributed by atoms with van der Waals surface area (Å²) in [6.07, 6.45) is 1.45. The van der Waals surface area contributed by atoms with Crippen LogP contribution in [0.2, 0.25) is 0 Å². The maximum absolute atomic E-state index is 12.2. The van der Waals surface area contributed by atoms with E-state index in [1.54, 1.807) is 23.1 Å². The summed E-state index contributed by atoms with van der Waals surface area (Å²) < 4.78 is 5.38. The molecule has 0 aliphatic carbocycles. The Hall–Kier alpha value is -2.77. The van der Waals surface area contributed by atoms with Gasteiger partial charge in [-0.1, -0.05) is 6.07 Å². The van der Waals surface area contributed by atoms with Gasteiger partial charge < -0.3 is 14.5 Å². The van der Waals surface area contributed by atoms with Crippen LogP contribution in [0, 0.1) is 5.92 Å². The Bertz CT molecular complexity index is 734. The highest BCUT2D eigenvalue weighted by Crippen LogP contribution is 2.22. The van der Waals surface area contributed by atoms with E-state index in [-0.39, 0.29) is 23.8 Å². The van der Waals surface area contributed by atoms with Crippen molar-refractivity contribution in [3.8, 4) is 0 Å². The fourth-order valence-corrected chi connectivity index (χ4v) is 3.08. The van der Waals surface area contributed by atoms with Crippen molar-refractivity contribution in [2.75, 3.05) is 32.1 Å². The number of amides is 3. The molecule has 2 rings (SSSR count). The van der Waals surface area contributed by atoms with Gasteiger partial charge in [0.1, 0.15) is 5.60 Å². The number of anilines is 1.